The fraction of sp³-hybridized carbons (Fsp3) is 0.900. The Bertz CT molecular complexity index is 181. The van der Waals surface area contributed by atoms with E-state index in [1.54, 1.807) is 0 Å². The molecule has 0 aliphatic carbocycles. The van der Waals surface area contributed by atoms with E-state index in [2.05, 4.69) is 18.2 Å². The Morgan fingerprint density at radius 1 is 1.64 bits per heavy atom. The average Bonchev–Trinajstić information content (AvgIpc) is 2.64. The molecule has 1 saturated heterocycles. The van der Waals surface area contributed by atoms with Gasteiger partial charge in [0.1, 0.15) is 6.29 Å². The summed E-state index contributed by atoms with van der Waals surface area (Å²) in [6.45, 7) is 3.20. The molecule has 0 aromatic heterocycles. The molecule has 14 heavy (non-hydrogen) atoms. The lowest BCUT2D eigenvalue weighted by Gasteiger charge is -2.26. The van der Waals surface area contributed by atoms with Gasteiger partial charge in [0.25, 0.3) is 0 Å². The Balaban J connectivity index is 2.35. The van der Waals surface area contributed by atoms with Crippen LogP contribution in [0, 0.1) is 5.41 Å². The largest absolute Gasteiger partial charge is 0.380 e. The van der Waals surface area contributed by atoms with E-state index in [-0.39, 0.29) is 5.41 Å². The highest BCUT2D eigenvalue weighted by Gasteiger charge is 2.35. The molecule has 3 nitrogen and oxygen atoms in total. The number of nitrogens with zero attached hydrogens (tertiary/aromatic N) is 1. The highest BCUT2D eigenvalue weighted by Crippen LogP contribution is 2.26. The molecular formula is C10H19NO2S. The molecule has 4 heteroatoms. The van der Waals surface area contributed by atoms with Gasteiger partial charge in [0.05, 0.1) is 12.0 Å². The van der Waals surface area contributed by atoms with Crippen molar-refractivity contribution in [2.24, 2.45) is 5.41 Å². The molecule has 0 radical (unpaired) electrons. The minimum atomic E-state index is -0.229. The molecule has 1 aliphatic rings. The van der Waals surface area contributed by atoms with Gasteiger partial charge in [0.2, 0.25) is 0 Å². The topological polar surface area (TPSA) is 29.5 Å². The summed E-state index contributed by atoms with van der Waals surface area (Å²) in [4.78, 5) is 13.2. The van der Waals surface area contributed by atoms with Gasteiger partial charge < -0.3 is 14.4 Å². The van der Waals surface area contributed by atoms with Crippen molar-refractivity contribution >= 4 is 18.0 Å². The van der Waals surface area contributed by atoms with Crippen molar-refractivity contribution in [2.45, 2.75) is 6.42 Å². The Kier molecular flexibility index (Phi) is 4.92. The van der Waals surface area contributed by atoms with Crippen LogP contribution in [0.15, 0.2) is 0 Å². The zero-order chi connectivity index (χ0) is 10.4. The minimum absolute atomic E-state index is 0.229. The van der Waals surface area contributed by atoms with Gasteiger partial charge in [-0.25, -0.2) is 0 Å². The summed E-state index contributed by atoms with van der Waals surface area (Å²) in [6.07, 6.45) is 4.05. The van der Waals surface area contributed by atoms with Crippen LogP contribution in [0.4, 0.5) is 0 Å². The Morgan fingerprint density at radius 3 is 2.93 bits per heavy atom. The number of hydrogen-bond donors (Lipinski definition) is 0. The minimum Gasteiger partial charge on any atom is -0.380 e. The molecule has 1 unspecified atom stereocenters. The number of aldehydes is 1. The summed E-state index contributed by atoms with van der Waals surface area (Å²) in [7, 11) is 2.07. The first-order chi connectivity index (χ1) is 6.72. The molecule has 0 spiro atoms. The van der Waals surface area contributed by atoms with Crippen LogP contribution in [0.25, 0.3) is 0 Å². The molecule has 1 heterocycles. The maximum absolute atomic E-state index is 11.0. The first-order valence-electron chi connectivity index (χ1n) is 4.94. The molecule has 1 aliphatic heterocycles. The van der Waals surface area contributed by atoms with E-state index < -0.39 is 0 Å². The van der Waals surface area contributed by atoms with Gasteiger partial charge in [-0.3, -0.25) is 0 Å². The summed E-state index contributed by atoms with van der Waals surface area (Å²) in [5.74, 6) is 1.12. The molecule has 0 N–H and O–H groups in total. The van der Waals surface area contributed by atoms with Gasteiger partial charge in [-0.1, -0.05) is 0 Å². The Hall–Kier alpha value is -0.0600. The van der Waals surface area contributed by atoms with Crippen LogP contribution < -0.4 is 0 Å². The summed E-state index contributed by atoms with van der Waals surface area (Å²) in [6, 6.07) is 0. The number of thioether (sulfide) groups is 1. The third-order valence-electron chi connectivity index (χ3n) is 2.65. The molecule has 0 aromatic carbocycles. The van der Waals surface area contributed by atoms with E-state index >= 15 is 0 Å². The van der Waals surface area contributed by atoms with Crippen LogP contribution in [0.3, 0.4) is 0 Å². The highest BCUT2D eigenvalue weighted by atomic mass is 32.2. The Labute approximate surface area is 90.2 Å². The van der Waals surface area contributed by atoms with E-state index in [0.29, 0.717) is 6.61 Å². The first-order valence-corrected chi connectivity index (χ1v) is 6.33. The maximum atomic E-state index is 11.0. The molecule has 1 atom stereocenters. The lowest BCUT2D eigenvalue weighted by Crippen LogP contribution is -2.38. The summed E-state index contributed by atoms with van der Waals surface area (Å²) in [5.41, 5.74) is -0.229. The van der Waals surface area contributed by atoms with Gasteiger partial charge in [0, 0.05) is 25.4 Å². The average molecular weight is 217 g/mol. The lowest BCUT2D eigenvalue weighted by atomic mass is 9.89. The van der Waals surface area contributed by atoms with Crippen molar-refractivity contribution in [1.82, 2.24) is 4.90 Å². The molecular weight excluding hydrogens is 198 g/mol. The van der Waals surface area contributed by atoms with E-state index in [9.17, 15) is 4.79 Å². The molecule has 0 aromatic rings. The fourth-order valence-corrected chi connectivity index (χ4v) is 2.24. The monoisotopic (exact) mass is 217 g/mol. The molecule has 82 valence electrons. The van der Waals surface area contributed by atoms with Gasteiger partial charge >= 0.3 is 0 Å². The van der Waals surface area contributed by atoms with E-state index in [0.717, 1.165) is 38.2 Å². The highest BCUT2D eigenvalue weighted by molar-refractivity contribution is 7.98. The maximum Gasteiger partial charge on any atom is 0.129 e. The normalized spacial score (nSPS) is 27.1. The van der Waals surface area contributed by atoms with Crippen LogP contribution in [0.1, 0.15) is 6.42 Å². The second-order valence-electron chi connectivity index (χ2n) is 4.01. The fourth-order valence-electron chi connectivity index (χ4n) is 1.74. The first kappa shape index (κ1) is 12.0. The predicted octanol–water partition coefficient (Wildman–Crippen LogP) is 0.887. The second kappa shape index (κ2) is 5.73. The SMILES string of the molecule is CSCCN(C)CC1(C=O)CCOC1. The summed E-state index contributed by atoms with van der Waals surface area (Å²) < 4.78 is 5.29. The summed E-state index contributed by atoms with van der Waals surface area (Å²) >= 11 is 1.83. The van der Waals surface area contributed by atoms with Crippen molar-refractivity contribution < 1.29 is 9.53 Å². The van der Waals surface area contributed by atoms with Crippen LogP contribution in [0.2, 0.25) is 0 Å². The van der Waals surface area contributed by atoms with Crippen LogP contribution in [0.5, 0.6) is 0 Å². The number of ether oxygens (including phenoxy) is 1. The molecule has 1 fully saturated rings. The quantitative estimate of drug-likeness (QED) is 0.618. The van der Waals surface area contributed by atoms with Crippen molar-refractivity contribution in [3.05, 3.63) is 0 Å². The smallest absolute Gasteiger partial charge is 0.129 e. The lowest BCUT2D eigenvalue weighted by molar-refractivity contribution is -0.117. The van der Waals surface area contributed by atoms with Crippen LogP contribution in [-0.4, -0.2) is 56.5 Å². The molecule has 0 amide bonds. The molecule has 0 saturated carbocycles. The number of carbonyl (C=O) groups excluding carboxylic acids is 1. The van der Waals surface area contributed by atoms with Crippen LogP contribution >= 0.6 is 11.8 Å². The van der Waals surface area contributed by atoms with Crippen molar-refractivity contribution in [2.75, 3.05) is 45.4 Å². The number of carbonyl (C=O) groups is 1. The second-order valence-corrected chi connectivity index (χ2v) is 5.00. The van der Waals surface area contributed by atoms with Gasteiger partial charge in [0.15, 0.2) is 0 Å². The van der Waals surface area contributed by atoms with Crippen molar-refractivity contribution in [3.8, 4) is 0 Å². The number of rotatable bonds is 6. The van der Waals surface area contributed by atoms with Crippen LogP contribution in [-0.2, 0) is 9.53 Å². The van der Waals surface area contributed by atoms with E-state index in [1.807, 2.05) is 11.8 Å². The number of hydrogen-bond acceptors (Lipinski definition) is 4. The van der Waals surface area contributed by atoms with E-state index in [1.165, 1.54) is 0 Å². The Morgan fingerprint density at radius 2 is 2.43 bits per heavy atom. The zero-order valence-electron chi connectivity index (χ0n) is 8.99. The van der Waals surface area contributed by atoms with Gasteiger partial charge in [-0.15, -0.1) is 0 Å². The molecule has 0 bridgehead atoms. The zero-order valence-corrected chi connectivity index (χ0v) is 9.81. The third kappa shape index (κ3) is 3.26. The predicted molar refractivity (Wildman–Crippen MR) is 59.8 cm³/mol. The van der Waals surface area contributed by atoms with E-state index in [4.69, 9.17) is 4.74 Å². The van der Waals surface area contributed by atoms with Crippen molar-refractivity contribution in [3.63, 3.8) is 0 Å². The molecule has 1 rings (SSSR count). The van der Waals surface area contributed by atoms with Gasteiger partial charge in [-0.2, -0.15) is 11.8 Å². The third-order valence-corrected chi connectivity index (χ3v) is 3.24. The van der Waals surface area contributed by atoms with Gasteiger partial charge in [-0.05, 0) is 19.7 Å². The van der Waals surface area contributed by atoms with Crippen molar-refractivity contribution in [1.29, 1.82) is 0 Å². The standard InChI is InChI=1S/C10H19NO2S/c1-11(4-6-14-2)7-10(8-12)3-5-13-9-10/h8H,3-7,9H2,1-2H3. The summed E-state index contributed by atoms with van der Waals surface area (Å²) in [5, 5.41) is 0.